The van der Waals surface area contributed by atoms with Gasteiger partial charge in [-0.05, 0) is 61.7 Å². The Balaban J connectivity index is 1.29. The summed E-state index contributed by atoms with van der Waals surface area (Å²) in [4.78, 5) is 30.8. The van der Waals surface area contributed by atoms with E-state index in [1.54, 1.807) is 55.6 Å². The van der Waals surface area contributed by atoms with Gasteiger partial charge in [0.1, 0.15) is 5.75 Å². The van der Waals surface area contributed by atoms with Crippen LogP contribution in [0.5, 0.6) is 5.75 Å². The van der Waals surface area contributed by atoms with Crippen molar-refractivity contribution < 1.29 is 19.1 Å². The number of thiazole rings is 1. The van der Waals surface area contributed by atoms with E-state index in [1.807, 2.05) is 6.07 Å². The highest BCUT2D eigenvalue weighted by atomic mass is 32.1. The maximum atomic E-state index is 12.8. The van der Waals surface area contributed by atoms with Crippen LogP contribution in [0.2, 0.25) is 0 Å². The van der Waals surface area contributed by atoms with E-state index < -0.39 is 0 Å². The minimum atomic E-state index is -0.349. The Labute approximate surface area is 213 Å². The van der Waals surface area contributed by atoms with Gasteiger partial charge < -0.3 is 20.1 Å². The van der Waals surface area contributed by atoms with E-state index in [9.17, 15) is 9.59 Å². The van der Waals surface area contributed by atoms with E-state index in [4.69, 9.17) is 14.7 Å². The molecule has 0 radical (unpaired) electrons. The van der Waals surface area contributed by atoms with Crippen molar-refractivity contribution in [1.29, 1.82) is 5.26 Å². The molecule has 1 aromatic heterocycles. The quantitative estimate of drug-likeness (QED) is 0.361. The Kier molecular flexibility index (Phi) is 8.62. The van der Waals surface area contributed by atoms with Gasteiger partial charge in [0.15, 0.2) is 11.7 Å². The summed E-state index contributed by atoms with van der Waals surface area (Å²) in [5.74, 6) is -0.234. The molecule has 2 aromatic carbocycles. The summed E-state index contributed by atoms with van der Waals surface area (Å²) in [6, 6.07) is 15.6. The number of hydrogen-bond acceptors (Lipinski definition) is 8. The molecule has 0 spiro atoms. The Hall–Kier alpha value is -3.78. The van der Waals surface area contributed by atoms with Gasteiger partial charge in [-0.3, -0.25) is 14.9 Å². The molecule has 9 nitrogen and oxygen atoms in total. The molecule has 186 valence electrons. The van der Waals surface area contributed by atoms with Gasteiger partial charge in [-0.15, -0.1) is 11.3 Å². The van der Waals surface area contributed by atoms with Crippen molar-refractivity contribution in [3.05, 3.63) is 70.2 Å². The van der Waals surface area contributed by atoms with Crippen molar-refractivity contribution in [2.75, 3.05) is 37.5 Å². The first-order valence-electron chi connectivity index (χ1n) is 11.6. The second kappa shape index (κ2) is 12.3. The minimum Gasteiger partial charge on any atom is -0.484 e. The molecule has 3 aromatic rings. The lowest BCUT2D eigenvalue weighted by molar-refractivity contribution is -0.118. The molecule has 1 aliphatic rings. The van der Waals surface area contributed by atoms with Crippen LogP contribution in [0.4, 0.5) is 10.8 Å². The Bertz CT molecular complexity index is 1250. The SMILES string of the molecule is COCCNC1CCc2nc(NC(=O)c3cccc(OCC(=O)Nc4ccc(C#N)cc4)c3)sc2C1. The highest BCUT2D eigenvalue weighted by molar-refractivity contribution is 7.15. The fourth-order valence-corrected chi connectivity index (χ4v) is 4.92. The van der Waals surface area contributed by atoms with Crippen LogP contribution in [0.25, 0.3) is 0 Å². The number of aryl methyl sites for hydroxylation is 1. The number of nitrogens with zero attached hydrogens (tertiary/aromatic N) is 2. The van der Waals surface area contributed by atoms with E-state index in [2.05, 4.69) is 20.9 Å². The average molecular weight is 506 g/mol. The maximum Gasteiger partial charge on any atom is 0.262 e. The summed E-state index contributed by atoms with van der Waals surface area (Å²) in [6.45, 7) is 1.27. The van der Waals surface area contributed by atoms with Crippen LogP contribution in [-0.2, 0) is 22.4 Å². The number of nitriles is 1. The van der Waals surface area contributed by atoms with Crippen LogP contribution in [0, 0.1) is 11.3 Å². The number of nitrogens with one attached hydrogen (secondary N) is 3. The second-order valence-corrected chi connectivity index (χ2v) is 9.37. The van der Waals surface area contributed by atoms with Gasteiger partial charge in [-0.25, -0.2) is 4.98 Å². The first-order valence-corrected chi connectivity index (χ1v) is 12.4. The minimum absolute atomic E-state index is 0.218. The van der Waals surface area contributed by atoms with Crippen molar-refractivity contribution in [2.45, 2.75) is 25.3 Å². The number of benzene rings is 2. The van der Waals surface area contributed by atoms with Gasteiger partial charge in [0.05, 0.1) is 23.9 Å². The number of aromatic nitrogens is 1. The fourth-order valence-electron chi connectivity index (χ4n) is 3.84. The highest BCUT2D eigenvalue weighted by Gasteiger charge is 2.23. The number of hydrogen-bond donors (Lipinski definition) is 3. The second-order valence-electron chi connectivity index (χ2n) is 8.28. The Morgan fingerprint density at radius 1 is 1.19 bits per heavy atom. The van der Waals surface area contributed by atoms with Gasteiger partial charge in [0, 0.05) is 35.8 Å². The average Bonchev–Trinajstić information content (AvgIpc) is 3.30. The lowest BCUT2D eigenvalue weighted by Crippen LogP contribution is -2.36. The van der Waals surface area contributed by atoms with Crippen molar-refractivity contribution in [3.8, 4) is 11.8 Å². The molecule has 1 aliphatic carbocycles. The summed E-state index contributed by atoms with van der Waals surface area (Å²) in [5.41, 5.74) is 2.54. The predicted octanol–water partition coefficient (Wildman–Crippen LogP) is 3.38. The number of methoxy groups -OCH3 is 1. The highest BCUT2D eigenvalue weighted by Crippen LogP contribution is 2.30. The first-order chi connectivity index (χ1) is 17.5. The van der Waals surface area contributed by atoms with Crippen molar-refractivity contribution in [1.82, 2.24) is 10.3 Å². The molecule has 2 amide bonds. The van der Waals surface area contributed by atoms with Gasteiger partial charge in [0.2, 0.25) is 0 Å². The van der Waals surface area contributed by atoms with E-state index in [-0.39, 0.29) is 18.4 Å². The Morgan fingerprint density at radius 3 is 2.81 bits per heavy atom. The monoisotopic (exact) mass is 505 g/mol. The van der Waals surface area contributed by atoms with E-state index in [0.717, 1.165) is 31.5 Å². The van der Waals surface area contributed by atoms with Crippen LogP contribution < -0.4 is 20.7 Å². The molecule has 1 unspecified atom stereocenters. The molecule has 36 heavy (non-hydrogen) atoms. The van der Waals surface area contributed by atoms with Crippen molar-refractivity contribution in [2.24, 2.45) is 0 Å². The van der Waals surface area contributed by atoms with E-state index in [1.165, 1.54) is 16.2 Å². The molecule has 0 saturated heterocycles. The standard InChI is InChI=1S/C26H27N5O4S/c1-34-12-11-28-20-9-10-22-23(14-20)36-26(30-22)31-25(33)18-3-2-4-21(13-18)35-16-24(32)29-19-7-5-17(15-27)6-8-19/h2-8,13,20,28H,9-12,14,16H2,1H3,(H,29,32)(H,30,31,33). The molecule has 4 rings (SSSR count). The van der Waals surface area contributed by atoms with Crippen LogP contribution in [-0.4, -0.2) is 49.7 Å². The molecule has 3 N–H and O–H groups in total. The molecule has 1 atom stereocenters. The van der Waals surface area contributed by atoms with Gasteiger partial charge in [0.25, 0.3) is 11.8 Å². The lowest BCUT2D eigenvalue weighted by Gasteiger charge is -2.22. The number of fused-ring (bicyclic) bond motifs is 1. The third-order valence-corrected chi connectivity index (χ3v) is 6.70. The number of rotatable bonds is 10. The van der Waals surface area contributed by atoms with Gasteiger partial charge in [-0.1, -0.05) is 6.07 Å². The van der Waals surface area contributed by atoms with Crippen LogP contribution in [0.1, 0.15) is 32.9 Å². The summed E-state index contributed by atoms with van der Waals surface area (Å²) >= 11 is 1.51. The number of amides is 2. The zero-order valence-electron chi connectivity index (χ0n) is 19.9. The summed E-state index contributed by atoms with van der Waals surface area (Å²) < 4.78 is 10.7. The van der Waals surface area contributed by atoms with E-state index >= 15 is 0 Å². The maximum absolute atomic E-state index is 12.8. The summed E-state index contributed by atoms with van der Waals surface area (Å²) in [6.07, 6.45) is 2.77. The molecule has 1 heterocycles. The van der Waals surface area contributed by atoms with Crippen molar-refractivity contribution in [3.63, 3.8) is 0 Å². The number of anilines is 2. The summed E-state index contributed by atoms with van der Waals surface area (Å²) in [5, 5.41) is 18.5. The van der Waals surface area contributed by atoms with Crippen LogP contribution in [0.15, 0.2) is 48.5 Å². The zero-order chi connectivity index (χ0) is 25.3. The molecule has 10 heteroatoms. The molecule has 0 fully saturated rings. The third kappa shape index (κ3) is 6.88. The predicted molar refractivity (Wildman–Crippen MR) is 137 cm³/mol. The largest absolute Gasteiger partial charge is 0.484 e. The number of carbonyl (C=O) groups excluding carboxylic acids is 2. The van der Waals surface area contributed by atoms with Gasteiger partial charge >= 0.3 is 0 Å². The fraction of sp³-hybridized carbons (Fsp3) is 0.308. The first kappa shape index (κ1) is 25.3. The lowest BCUT2D eigenvalue weighted by atomic mass is 9.98. The molecular formula is C26H27N5O4S. The van der Waals surface area contributed by atoms with Crippen LogP contribution >= 0.6 is 11.3 Å². The number of carbonyl (C=O) groups is 2. The zero-order valence-corrected chi connectivity index (χ0v) is 20.7. The molecular weight excluding hydrogens is 478 g/mol. The summed E-state index contributed by atoms with van der Waals surface area (Å²) in [7, 11) is 1.69. The molecule has 0 bridgehead atoms. The number of ether oxygens (including phenoxy) is 2. The Morgan fingerprint density at radius 2 is 2.03 bits per heavy atom. The molecule has 0 saturated carbocycles. The third-order valence-electron chi connectivity index (χ3n) is 5.66. The normalized spacial score (nSPS) is 14.4. The van der Waals surface area contributed by atoms with Crippen LogP contribution in [0.3, 0.4) is 0 Å². The topological polar surface area (TPSA) is 125 Å². The van der Waals surface area contributed by atoms with Gasteiger partial charge in [-0.2, -0.15) is 5.26 Å². The van der Waals surface area contributed by atoms with Crippen molar-refractivity contribution >= 4 is 34.0 Å². The smallest absolute Gasteiger partial charge is 0.262 e. The van der Waals surface area contributed by atoms with E-state index in [0.29, 0.717) is 40.3 Å². The molecule has 0 aliphatic heterocycles.